The van der Waals surface area contributed by atoms with E-state index in [2.05, 4.69) is 20.0 Å². The normalized spacial score (nSPS) is 12.4. The summed E-state index contributed by atoms with van der Waals surface area (Å²) in [6.45, 7) is 0.104. The average Bonchev–Trinajstić information content (AvgIpc) is 2.22. The Morgan fingerprint density at radius 1 is 1.33 bits per heavy atom. The highest BCUT2D eigenvalue weighted by Crippen LogP contribution is 2.27. The molecule has 102 valence electrons. The maximum Gasteiger partial charge on any atom is 0.433 e. The van der Waals surface area contributed by atoms with Gasteiger partial charge in [-0.3, -0.25) is 0 Å². The number of anilines is 1. The first-order chi connectivity index (χ1) is 8.18. The summed E-state index contributed by atoms with van der Waals surface area (Å²) in [4.78, 5) is 6.84. The third kappa shape index (κ3) is 5.27. The number of nitrogens with zero attached hydrogens (tertiary/aromatic N) is 2. The summed E-state index contributed by atoms with van der Waals surface area (Å²) in [7, 11) is -3.32. The molecule has 6 nitrogen and oxygen atoms in total. The van der Waals surface area contributed by atoms with Crippen LogP contribution < -0.4 is 10.0 Å². The number of aromatic nitrogens is 2. The van der Waals surface area contributed by atoms with Crippen LogP contribution >= 0.6 is 0 Å². The van der Waals surface area contributed by atoms with Gasteiger partial charge >= 0.3 is 6.18 Å². The summed E-state index contributed by atoms with van der Waals surface area (Å²) in [5.74, 6) is -0.208. The topological polar surface area (TPSA) is 84.0 Å². The molecule has 0 aromatic carbocycles. The molecule has 0 atom stereocenters. The molecule has 1 rings (SSSR count). The van der Waals surface area contributed by atoms with Crippen LogP contribution in [0.5, 0.6) is 0 Å². The first-order valence-corrected chi connectivity index (χ1v) is 6.66. The molecular weight excluding hydrogens is 273 g/mol. The number of sulfonamides is 1. The summed E-state index contributed by atoms with van der Waals surface area (Å²) in [6, 6.07) is 0.750. The van der Waals surface area contributed by atoms with Crippen molar-refractivity contribution in [3.63, 3.8) is 0 Å². The van der Waals surface area contributed by atoms with E-state index in [1.54, 1.807) is 0 Å². The Balaban J connectivity index is 2.53. The molecule has 1 heterocycles. The first kappa shape index (κ1) is 14.6. The van der Waals surface area contributed by atoms with Crippen molar-refractivity contribution in [2.45, 2.75) is 6.18 Å². The number of alkyl halides is 3. The van der Waals surface area contributed by atoms with Crippen molar-refractivity contribution in [3.05, 3.63) is 18.0 Å². The summed E-state index contributed by atoms with van der Waals surface area (Å²) in [5.41, 5.74) is -1.06. The number of rotatable bonds is 5. The number of nitrogens with one attached hydrogen (secondary N) is 2. The van der Waals surface area contributed by atoms with Crippen LogP contribution in [0, 0.1) is 0 Å². The van der Waals surface area contributed by atoms with E-state index in [4.69, 9.17) is 0 Å². The van der Waals surface area contributed by atoms with Gasteiger partial charge in [0.15, 0.2) is 0 Å². The van der Waals surface area contributed by atoms with E-state index in [9.17, 15) is 21.6 Å². The number of hydrogen-bond acceptors (Lipinski definition) is 5. The second kappa shape index (κ2) is 5.48. The van der Waals surface area contributed by atoms with Gasteiger partial charge in [0.05, 0.1) is 6.26 Å². The molecular formula is C8H11F3N4O2S. The third-order valence-corrected chi connectivity index (χ3v) is 2.45. The van der Waals surface area contributed by atoms with Gasteiger partial charge < -0.3 is 5.32 Å². The predicted molar refractivity (Wildman–Crippen MR) is 58.4 cm³/mol. The minimum absolute atomic E-state index is 0.0262. The van der Waals surface area contributed by atoms with Gasteiger partial charge in [0.1, 0.15) is 5.69 Å². The molecule has 0 aliphatic carbocycles. The molecule has 0 spiro atoms. The largest absolute Gasteiger partial charge is 0.433 e. The molecule has 10 heteroatoms. The molecule has 0 radical (unpaired) electrons. The fraction of sp³-hybridized carbons (Fsp3) is 0.500. The lowest BCUT2D eigenvalue weighted by Crippen LogP contribution is -2.28. The van der Waals surface area contributed by atoms with Gasteiger partial charge in [0, 0.05) is 19.3 Å². The van der Waals surface area contributed by atoms with Crippen molar-refractivity contribution in [3.8, 4) is 0 Å². The van der Waals surface area contributed by atoms with Gasteiger partial charge in [0.2, 0.25) is 16.0 Å². The molecule has 0 aliphatic heterocycles. The fourth-order valence-electron chi connectivity index (χ4n) is 1.01. The van der Waals surface area contributed by atoms with Gasteiger partial charge in [-0.1, -0.05) is 0 Å². The van der Waals surface area contributed by atoms with Gasteiger partial charge in [-0.15, -0.1) is 0 Å². The second-order valence-corrected chi connectivity index (χ2v) is 5.19. The number of halogens is 3. The lowest BCUT2D eigenvalue weighted by Gasteiger charge is -2.08. The van der Waals surface area contributed by atoms with E-state index < -0.39 is 21.9 Å². The van der Waals surface area contributed by atoms with Crippen LogP contribution in [0.25, 0.3) is 0 Å². The second-order valence-electron chi connectivity index (χ2n) is 3.36. The Morgan fingerprint density at radius 3 is 2.56 bits per heavy atom. The lowest BCUT2D eigenvalue weighted by atomic mass is 10.4. The van der Waals surface area contributed by atoms with Gasteiger partial charge in [0.25, 0.3) is 0 Å². The summed E-state index contributed by atoms with van der Waals surface area (Å²) >= 11 is 0. The van der Waals surface area contributed by atoms with E-state index in [-0.39, 0.29) is 19.0 Å². The van der Waals surface area contributed by atoms with Crippen LogP contribution in [0.2, 0.25) is 0 Å². The predicted octanol–water partition coefficient (Wildman–Crippen LogP) is 0.457. The number of hydrogen-bond donors (Lipinski definition) is 2. The van der Waals surface area contributed by atoms with Gasteiger partial charge in [-0.2, -0.15) is 13.2 Å². The Labute approximate surface area is 102 Å². The molecule has 0 saturated heterocycles. The highest BCUT2D eigenvalue weighted by molar-refractivity contribution is 7.88. The van der Waals surface area contributed by atoms with Crippen LogP contribution in [-0.2, 0) is 16.2 Å². The summed E-state index contributed by atoms with van der Waals surface area (Å²) < 4.78 is 60.5. The van der Waals surface area contributed by atoms with Gasteiger partial charge in [-0.25, -0.2) is 23.1 Å². The minimum atomic E-state index is -4.54. The highest BCUT2D eigenvalue weighted by Gasteiger charge is 2.32. The van der Waals surface area contributed by atoms with Crippen LogP contribution in [0.1, 0.15) is 5.69 Å². The zero-order valence-corrected chi connectivity index (χ0v) is 10.1. The SMILES string of the molecule is CS(=O)(=O)NCCNc1nccc(C(F)(F)F)n1. The molecule has 0 unspecified atom stereocenters. The molecule has 1 aromatic heterocycles. The smallest absolute Gasteiger partial charge is 0.353 e. The Bertz CT molecular complexity index is 503. The monoisotopic (exact) mass is 284 g/mol. The van der Waals surface area contributed by atoms with Crippen molar-refractivity contribution in [2.75, 3.05) is 24.7 Å². The van der Waals surface area contributed by atoms with E-state index in [1.165, 1.54) is 0 Å². The van der Waals surface area contributed by atoms with Gasteiger partial charge in [-0.05, 0) is 6.07 Å². The fourth-order valence-corrected chi connectivity index (χ4v) is 1.49. The quantitative estimate of drug-likeness (QED) is 0.767. The lowest BCUT2D eigenvalue weighted by molar-refractivity contribution is -0.141. The minimum Gasteiger partial charge on any atom is -0.353 e. The van der Waals surface area contributed by atoms with E-state index >= 15 is 0 Å². The molecule has 0 bridgehead atoms. The van der Waals surface area contributed by atoms with E-state index in [1.807, 2.05) is 0 Å². The summed E-state index contributed by atoms with van der Waals surface area (Å²) in [6.07, 6.45) is -2.58. The Kier molecular flexibility index (Phi) is 4.46. The van der Waals surface area contributed by atoms with Crippen molar-refractivity contribution >= 4 is 16.0 Å². The average molecular weight is 284 g/mol. The molecule has 2 N–H and O–H groups in total. The molecule has 0 amide bonds. The maximum absolute atomic E-state index is 12.3. The zero-order valence-electron chi connectivity index (χ0n) is 9.32. The Hall–Kier alpha value is -1.42. The van der Waals surface area contributed by atoms with Crippen molar-refractivity contribution in [1.82, 2.24) is 14.7 Å². The highest BCUT2D eigenvalue weighted by atomic mass is 32.2. The van der Waals surface area contributed by atoms with Crippen molar-refractivity contribution in [1.29, 1.82) is 0 Å². The van der Waals surface area contributed by atoms with Crippen molar-refractivity contribution < 1.29 is 21.6 Å². The molecule has 18 heavy (non-hydrogen) atoms. The molecule has 1 aromatic rings. The van der Waals surface area contributed by atoms with Crippen LogP contribution in [0.4, 0.5) is 19.1 Å². The van der Waals surface area contributed by atoms with Crippen LogP contribution in [0.3, 0.4) is 0 Å². The van der Waals surface area contributed by atoms with Crippen LogP contribution in [-0.4, -0.2) is 37.7 Å². The Morgan fingerprint density at radius 2 is 2.00 bits per heavy atom. The molecule has 0 saturated carbocycles. The van der Waals surface area contributed by atoms with E-state index in [0.29, 0.717) is 0 Å². The molecule has 0 fully saturated rings. The van der Waals surface area contributed by atoms with Crippen molar-refractivity contribution in [2.24, 2.45) is 0 Å². The third-order valence-electron chi connectivity index (χ3n) is 1.72. The van der Waals surface area contributed by atoms with Crippen LogP contribution in [0.15, 0.2) is 12.3 Å². The zero-order chi connectivity index (χ0) is 13.8. The summed E-state index contributed by atoms with van der Waals surface area (Å²) in [5, 5.41) is 2.48. The first-order valence-electron chi connectivity index (χ1n) is 4.77. The standard InChI is InChI=1S/C8H11F3N4O2S/c1-18(16,17)14-5-4-13-7-12-3-2-6(15-7)8(9,10)11/h2-3,14H,4-5H2,1H3,(H,12,13,15). The van der Waals surface area contributed by atoms with E-state index in [0.717, 1.165) is 18.5 Å². The maximum atomic E-state index is 12.3. The molecule has 0 aliphatic rings.